The molecule has 1 amide bonds. The second kappa shape index (κ2) is 8.86. The third-order valence-corrected chi connectivity index (χ3v) is 7.59. The number of nitrogens with zero attached hydrogens (tertiary/aromatic N) is 1. The van der Waals surface area contributed by atoms with Crippen molar-refractivity contribution >= 4 is 27.5 Å². The van der Waals surface area contributed by atoms with Crippen molar-refractivity contribution in [1.29, 1.82) is 0 Å². The first-order valence-corrected chi connectivity index (χ1v) is 11.7. The second-order valence-electron chi connectivity index (χ2n) is 8.94. The number of sulfonamides is 1. The maximum Gasteiger partial charge on any atom is 0.255 e. The molecule has 0 aliphatic carbocycles. The molecule has 1 saturated heterocycles. The lowest BCUT2D eigenvalue weighted by Crippen LogP contribution is -2.49. The number of nitrogens with one attached hydrogen (secondary N) is 1. The van der Waals surface area contributed by atoms with E-state index in [9.17, 15) is 22.0 Å². The van der Waals surface area contributed by atoms with Crippen LogP contribution in [-0.4, -0.2) is 44.0 Å². The number of carbonyl (C=O) groups is 1. The Morgan fingerprint density at radius 2 is 1.76 bits per heavy atom. The van der Waals surface area contributed by atoms with Crippen LogP contribution in [0, 0.1) is 22.5 Å². The Labute approximate surface area is 176 Å². The Hall–Kier alpha value is -1.25. The van der Waals surface area contributed by atoms with Crippen LogP contribution < -0.4 is 5.32 Å². The van der Waals surface area contributed by atoms with Gasteiger partial charge in [0.25, 0.3) is 5.91 Å². The van der Waals surface area contributed by atoms with Gasteiger partial charge in [0.1, 0.15) is 11.6 Å². The number of amides is 1. The summed E-state index contributed by atoms with van der Waals surface area (Å²) in [5.41, 5.74) is -0.911. The molecule has 0 bridgehead atoms. The lowest BCUT2D eigenvalue weighted by Gasteiger charge is -2.44. The van der Waals surface area contributed by atoms with Crippen LogP contribution in [0.3, 0.4) is 0 Å². The van der Waals surface area contributed by atoms with E-state index in [2.05, 4.69) is 26.1 Å². The Balaban J connectivity index is 2.19. The third-order valence-electron chi connectivity index (χ3n) is 5.34. The van der Waals surface area contributed by atoms with Gasteiger partial charge in [-0.2, -0.15) is 0 Å². The molecule has 5 nitrogen and oxygen atoms in total. The van der Waals surface area contributed by atoms with Gasteiger partial charge in [-0.1, -0.05) is 32.4 Å². The van der Waals surface area contributed by atoms with Gasteiger partial charge in [-0.05, 0) is 49.1 Å². The number of carbonyl (C=O) groups excluding carboxylic acids is 1. The van der Waals surface area contributed by atoms with Crippen molar-refractivity contribution < 1.29 is 22.0 Å². The molecule has 1 aliphatic rings. The smallest absolute Gasteiger partial charge is 0.255 e. The number of piperidine rings is 1. The molecule has 0 atom stereocenters. The van der Waals surface area contributed by atoms with E-state index in [1.54, 1.807) is 6.92 Å². The monoisotopic (exact) mass is 450 g/mol. The Morgan fingerprint density at radius 3 is 2.28 bits per heavy atom. The average Bonchev–Trinajstić information content (AvgIpc) is 2.62. The van der Waals surface area contributed by atoms with Crippen molar-refractivity contribution in [2.45, 2.75) is 47.0 Å². The van der Waals surface area contributed by atoms with Crippen LogP contribution in [0.5, 0.6) is 0 Å². The third kappa shape index (κ3) is 5.89. The molecular formula is C20H29ClF2N2O3S. The van der Waals surface area contributed by atoms with Crippen LogP contribution in [0.1, 0.15) is 57.3 Å². The van der Waals surface area contributed by atoms with Crippen LogP contribution in [0.4, 0.5) is 8.78 Å². The first-order chi connectivity index (χ1) is 13.3. The summed E-state index contributed by atoms with van der Waals surface area (Å²) in [7, 11) is -3.27. The topological polar surface area (TPSA) is 66.5 Å². The fourth-order valence-corrected chi connectivity index (χ4v) is 5.40. The van der Waals surface area contributed by atoms with Crippen LogP contribution >= 0.6 is 11.6 Å². The number of halogens is 3. The van der Waals surface area contributed by atoms with E-state index in [-0.39, 0.29) is 23.1 Å². The predicted molar refractivity (Wildman–Crippen MR) is 110 cm³/mol. The van der Waals surface area contributed by atoms with Gasteiger partial charge in [-0.25, -0.2) is 21.5 Å². The zero-order valence-corrected chi connectivity index (χ0v) is 18.9. The molecule has 1 N–H and O–H groups in total. The zero-order chi connectivity index (χ0) is 22.0. The van der Waals surface area contributed by atoms with Crippen molar-refractivity contribution in [3.05, 3.63) is 34.4 Å². The predicted octanol–water partition coefficient (Wildman–Crippen LogP) is 4.22. The largest absolute Gasteiger partial charge is 0.351 e. The second-order valence-corrected chi connectivity index (χ2v) is 11.6. The Bertz CT molecular complexity index is 861. The van der Waals surface area contributed by atoms with E-state index in [1.807, 2.05) is 0 Å². The minimum Gasteiger partial charge on any atom is -0.351 e. The van der Waals surface area contributed by atoms with Gasteiger partial charge in [0.15, 0.2) is 0 Å². The lowest BCUT2D eigenvalue weighted by molar-refractivity contribution is 0.0770. The molecule has 1 aliphatic heterocycles. The van der Waals surface area contributed by atoms with Gasteiger partial charge in [0.2, 0.25) is 10.0 Å². The lowest BCUT2D eigenvalue weighted by atomic mass is 9.68. The maximum atomic E-state index is 14.0. The Kier molecular flexibility index (Phi) is 7.34. The van der Waals surface area contributed by atoms with E-state index in [0.29, 0.717) is 25.9 Å². The highest BCUT2D eigenvalue weighted by atomic mass is 35.5. The molecule has 0 unspecified atom stereocenters. The highest BCUT2D eigenvalue weighted by molar-refractivity contribution is 7.89. The molecule has 1 heterocycles. The van der Waals surface area contributed by atoms with Crippen LogP contribution in [0.2, 0.25) is 5.02 Å². The first kappa shape index (κ1) is 24.0. The summed E-state index contributed by atoms with van der Waals surface area (Å²) < 4.78 is 53.5. The first-order valence-electron chi connectivity index (χ1n) is 9.70. The van der Waals surface area contributed by atoms with Crippen LogP contribution in [0.25, 0.3) is 0 Å². The molecule has 1 aromatic carbocycles. The summed E-state index contributed by atoms with van der Waals surface area (Å²) in [5.74, 6) is -2.47. The molecule has 164 valence electrons. The van der Waals surface area contributed by atoms with Crippen molar-refractivity contribution in [3.63, 3.8) is 0 Å². The summed E-state index contributed by atoms with van der Waals surface area (Å²) in [6.45, 7) is 8.83. The molecule has 0 spiro atoms. The molecule has 2 rings (SSSR count). The highest BCUT2D eigenvalue weighted by Crippen LogP contribution is 2.42. The van der Waals surface area contributed by atoms with E-state index >= 15 is 0 Å². The van der Waals surface area contributed by atoms with Crippen molar-refractivity contribution in [2.75, 3.05) is 25.4 Å². The van der Waals surface area contributed by atoms with Crippen molar-refractivity contribution in [3.8, 4) is 0 Å². The molecular weight excluding hydrogens is 422 g/mol. The zero-order valence-electron chi connectivity index (χ0n) is 17.3. The van der Waals surface area contributed by atoms with Crippen LogP contribution in [-0.2, 0) is 10.0 Å². The average molecular weight is 451 g/mol. The minimum absolute atomic E-state index is 0.0490. The fourth-order valence-electron chi connectivity index (χ4n) is 4.05. The van der Waals surface area contributed by atoms with Gasteiger partial charge < -0.3 is 5.32 Å². The minimum atomic E-state index is -3.27. The van der Waals surface area contributed by atoms with E-state index in [4.69, 9.17) is 11.6 Å². The van der Waals surface area contributed by atoms with E-state index in [0.717, 1.165) is 18.6 Å². The molecule has 1 aromatic rings. The highest BCUT2D eigenvalue weighted by Gasteiger charge is 2.40. The normalized spacial score (nSPS) is 17.9. The summed E-state index contributed by atoms with van der Waals surface area (Å²) in [5, 5.41) is 2.17. The summed E-state index contributed by atoms with van der Waals surface area (Å²) in [6, 6.07) is 1.74. The van der Waals surface area contributed by atoms with Gasteiger partial charge >= 0.3 is 0 Å². The number of rotatable bonds is 6. The molecule has 0 radical (unpaired) electrons. The standard InChI is InChI=1S/C20H29ClF2N2O3S/c1-5-29(27,28)25-10-8-20(9-11-25,12-19(2,3)4)13-24-18(26)16-14(22)6-7-15(23)17(16)21/h6-7H,5,8-13H2,1-4H3,(H,24,26). The van der Waals surface area contributed by atoms with Gasteiger partial charge in [-0.3, -0.25) is 4.79 Å². The van der Waals surface area contributed by atoms with Gasteiger partial charge in [0.05, 0.1) is 16.3 Å². The maximum absolute atomic E-state index is 14.0. The van der Waals surface area contributed by atoms with E-state index in [1.165, 1.54) is 4.31 Å². The fraction of sp³-hybridized carbons (Fsp3) is 0.650. The van der Waals surface area contributed by atoms with E-state index < -0.39 is 38.2 Å². The molecule has 0 saturated carbocycles. The summed E-state index contributed by atoms with van der Waals surface area (Å²) in [4.78, 5) is 12.6. The summed E-state index contributed by atoms with van der Waals surface area (Å²) in [6.07, 6.45) is 1.89. The number of hydrogen-bond acceptors (Lipinski definition) is 3. The van der Waals surface area contributed by atoms with Gasteiger partial charge in [0, 0.05) is 19.6 Å². The molecule has 1 fully saturated rings. The number of benzene rings is 1. The van der Waals surface area contributed by atoms with Crippen LogP contribution in [0.15, 0.2) is 12.1 Å². The van der Waals surface area contributed by atoms with Crippen molar-refractivity contribution in [1.82, 2.24) is 9.62 Å². The van der Waals surface area contributed by atoms with Gasteiger partial charge in [-0.15, -0.1) is 0 Å². The molecule has 29 heavy (non-hydrogen) atoms. The quantitative estimate of drug-likeness (QED) is 0.660. The van der Waals surface area contributed by atoms with Crippen molar-refractivity contribution in [2.24, 2.45) is 10.8 Å². The Morgan fingerprint density at radius 1 is 1.21 bits per heavy atom. The summed E-state index contributed by atoms with van der Waals surface area (Å²) >= 11 is 5.79. The molecule has 9 heteroatoms. The number of hydrogen-bond donors (Lipinski definition) is 1. The molecule has 0 aromatic heterocycles. The SMILES string of the molecule is CCS(=O)(=O)N1CCC(CNC(=O)c2c(F)ccc(F)c2Cl)(CC(C)(C)C)CC1.